The zero-order chi connectivity index (χ0) is 23.8. The minimum atomic E-state index is -0.660. The van der Waals surface area contributed by atoms with E-state index < -0.39 is 6.04 Å². The van der Waals surface area contributed by atoms with Crippen molar-refractivity contribution < 1.29 is 19.1 Å². The molecule has 1 heterocycles. The number of benzene rings is 1. The van der Waals surface area contributed by atoms with Crippen molar-refractivity contribution in [2.45, 2.75) is 65.3 Å². The summed E-state index contributed by atoms with van der Waals surface area (Å²) in [5, 5.41) is 5.83. The summed E-state index contributed by atoms with van der Waals surface area (Å²) in [6.07, 6.45) is 5.01. The first-order chi connectivity index (χ1) is 15.7. The maximum atomic E-state index is 13.2. The number of fused-ring (bicyclic) bond motifs is 1. The average molecular weight is 452 g/mol. The van der Waals surface area contributed by atoms with E-state index in [4.69, 9.17) is 4.74 Å². The normalized spacial score (nSPS) is 17.8. The van der Waals surface area contributed by atoms with E-state index in [1.807, 2.05) is 0 Å². The molecule has 1 atom stereocenters. The summed E-state index contributed by atoms with van der Waals surface area (Å²) in [5.74, 6) is 0.809. The molecule has 7 nitrogen and oxygen atoms in total. The Morgan fingerprint density at radius 3 is 2.52 bits per heavy atom. The zero-order valence-corrected chi connectivity index (χ0v) is 19.8. The molecule has 2 aliphatic carbocycles. The molecule has 33 heavy (non-hydrogen) atoms. The number of carbonyl (C=O) groups excluding carboxylic acids is 3. The first-order valence-corrected chi connectivity index (χ1v) is 11.7. The minimum absolute atomic E-state index is 0.0663. The number of carbonyl (C=O) groups is 3. The molecule has 1 saturated carbocycles. The molecule has 2 aromatic rings. The van der Waals surface area contributed by atoms with Crippen molar-refractivity contribution in [1.29, 1.82) is 0 Å². The second-order valence-corrected chi connectivity index (χ2v) is 10.2. The highest BCUT2D eigenvalue weighted by atomic mass is 16.5. The average Bonchev–Trinajstić information content (AvgIpc) is 3.52. The van der Waals surface area contributed by atoms with E-state index in [0.29, 0.717) is 53.4 Å². The number of H-pyrrole nitrogens is 1. The molecule has 0 spiro atoms. The minimum Gasteiger partial charge on any atom is -0.497 e. The second-order valence-electron chi connectivity index (χ2n) is 10.2. The van der Waals surface area contributed by atoms with Gasteiger partial charge in [-0.2, -0.15) is 0 Å². The van der Waals surface area contributed by atoms with Crippen molar-refractivity contribution in [1.82, 2.24) is 10.3 Å². The van der Waals surface area contributed by atoms with Gasteiger partial charge >= 0.3 is 0 Å². The number of hydrogen-bond acceptors (Lipinski definition) is 4. The molecule has 0 bridgehead atoms. The van der Waals surface area contributed by atoms with Crippen LogP contribution in [0.1, 0.15) is 78.1 Å². The van der Waals surface area contributed by atoms with Crippen LogP contribution in [0, 0.1) is 18.3 Å². The van der Waals surface area contributed by atoms with Crippen LogP contribution in [0.4, 0.5) is 5.69 Å². The third-order valence-corrected chi connectivity index (χ3v) is 6.67. The summed E-state index contributed by atoms with van der Waals surface area (Å²) in [6.45, 7) is 5.92. The van der Waals surface area contributed by atoms with Gasteiger partial charge in [-0.3, -0.25) is 14.4 Å². The topological polar surface area (TPSA) is 100 Å². The Morgan fingerprint density at radius 1 is 1.18 bits per heavy atom. The number of rotatable bonds is 8. The SMILES string of the molecule is COc1ccc(NC(=O)C(CCC2CC2)NC(=O)c2[nH]c3c(c2C)C(=O)CC(C)(C)C3)cc1. The molecular formula is C26H33N3O4. The van der Waals surface area contributed by atoms with Crippen LogP contribution in [0.2, 0.25) is 0 Å². The Labute approximate surface area is 194 Å². The van der Waals surface area contributed by atoms with Crippen molar-refractivity contribution in [3.63, 3.8) is 0 Å². The fraction of sp³-hybridized carbons (Fsp3) is 0.500. The Kier molecular flexibility index (Phi) is 6.32. The fourth-order valence-electron chi connectivity index (χ4n) is 4.67. The number of Topliss-reactive ketones (excluding diaryl/α,β-unsaturated/α-hetero) is 1. The van der Waals surface area contributed by atoms with Gasteiger partial charge in [-0.15, -0.1) is 0 Å². The predicted octanol–water partition coefficient (Wildman–Crippen LogP) is 4.41. The van der Waals surface area contributed by atoms with E-state index in [9.17, 15) is 14.4 Å². The molecule has 176 valence electrons. The van der Waals surface area contributed by atoms with Gasteiger partial charge in [0.1, 0.15) is 17.5 Å². The number of ketones is 1. The molecule has 1 unspecified atom stereocenters. The number of aromatic amines is 1. The summed E-state index contributed by atoms with van der Waals surface area (Å²) in [7, 11) is 1.59. The highest BCUT2D eigenvalue weighted by molar-refractivity contribution is 6.06. The van der Waals surface area contributed by atoms with Crippen LogP contribution in [0.25, 0.3) is 0 Å². The maximum Gasteiger partial charge on any atom is 0.268 e. The van der Waals surface area contributed by atoms with Crippen molar-refractivity contribution in [3.05, 3.63) is 46.8 Å². The lowest BCUT2D eigenvalue weighted by molar-refractivity contribution is -0.118. The van der Waals surface area contributed by atoms with E-state index in [1.54, 1.807) is 38.3 Å². The van der Waals surface area contributed by atoms with Crippen molar-refractivity contribution in [3.8, 4) is 5.75 Å². The number of hydrogen-bond donors (Lipinski definition) is 3. The Hall–Kier alpha value is -3.09. The molecule has 0 saturated heterocycles. The molecular weight excluding hydrogens is 418 g/mol. The number of ether oxygens (including phenoxy) is 1. The molecule has 2 aliphatic rings. The smallest absolute Gasteiger partial charge is 0.268 e. The van der Waals surface area contributed by atoms with Crippen LogP contribution in [0.5, 0.6) is 5.75 Å². The second kappa shape index (κ2) is 9.04. The van der Waals surface area contributed by atoms with Gasteiger partial charge in [0.25, 0.3) is 5.91 Å². The lowest BCUT2D eigenvalue weighted by atomic mass is 9.75. The van der Waals surface area contributed by atoms with Crippen molar-refractivity contribution >= 4 is 23.3 Å². The van der Waals surface area contributed by atoms with Crippen LogP contribution in [0.15, 0.2) is 24.3 Å². The van der Waals surface area contributed by atoms with E-state index in [1.165, 1.54) is 12.8 Å². The largest absolute Gasteiger partial charge is 0.497 e. The Morgan fingerprint density at radius 2 is 1.88 bits per heavy atom. The lowest BCUT2D eigenvalue weighted by Crippen LogP contribution is -2.44. The van der Waals surface area contributed by atoms with Crippen LogP contribution in [-0.4, -0.2) is 35.7 Å². The van der Waals surface area contributed by atoms with Gasteiger partial charge < -0.3 is 20.4 Å². The van der Waals surface area contributed by atoms with E-state index in [0.717, 1.165) is 12.1 Å². The highest BCUT2D eigenvalue weighted by Crippen LogP contribution is 2.37. The number of nitrogens with one attached hydrogen (secondary N) is 3. The molecule has 2 amide bonds. The first kappa shape index (κ1) is 23.1. The van der Waals surface area contributed by atoms with Crippen LogP contribution in [0.3, 0.4) is 0 Å². The summed E-state index contributed by atoms with van der Waals surface area (Å²) >= 11 is 0. The third-order valence-electron chi connectivity index (χ3n) is 6.67. The van der Waals surface area contributed by atoms with Crippen molar-refractivity contribution in [2.75, 3.05) is 12.4 Å². The molecule has 1 aromatic heterocycles. The molecule has 7 heteroatoms. The van der Waals surface area contributed by atoms with Gasteiger partial charge in [0, 0.05) is 23.4 Å². The van der Waals surface area contributed by atoms with Gasteiger partial charge in [0.2, 0.25) is 5.91 Å². The molecule has 0 radical (unpaired) electrons. The van der Waals surface area contributed by atoms with E-state index in [2.05, 4.69) is 29.5 Å². The standard InChI is InChI=1S/C26H33N3O4/c1-15-22-20(13-26(2,3)14-21(22)30)28-23(15)25(32)29-19(12-7-16-5-6-16)24(31)27-17-8-10-18(33-4)11-9-17/h8-11,16,19,28H,5-7,12-14H2,1-4H3,(H,27,31)(H,29,32). The summed E-state index contributed by atoms with van der Waals surface area (Å²) in [5.41, 5.74) is 3.00. The summed E-state index contributed by atoms with van der Waals surface area (Å²) < 4.78 is 5.16. The monoisotopic (exact) mass is 451 g/mol. The predicted molar refractivity (Wildman–Crippen MR) is 127 cm³/mol. The van der Waals surface area contributed by atoms with Crippen LogP contribution >= 0.6 is 0 Å². The van der Waals surface area contributed by atoms with Gasteiger partial charge in [0.05, 0.1) is 7.11 Å². The van der Waals surface area contributed by atoms with Gasteiger partial charge in [0.15, 0.2) is 5.78 Å². The van der Waals surface area contributed by atoms with Crippen LogP contribution < -0.4 is 15.4 Å². The molecule has 1 aromatic carbocycles. The fourth-order valence-corrected chi connectivity index (χ4v) is 4.67. The number of methoxy groups -OCH3 is 1. The number of amides is 2. The summed E-state index contributed by atoms with van der Waals surface area (Å²) in [6, 6.07) is 6.43. The van der Waals surface area contributed by atoms with Gasteiger partial charge in [-0.25, -0.2) is 0 Å². The van der Waals surface area contributed by atoms with E-state index in [-0.39, 0.29) is 23.0 Å². The van der Waals surface area contributed by atoms with Crippen LogP contribution in [-0.2, 0) is 11.2 Å². The zero-order valence-electron chi connectivity index (χ0n) is 19.8. The third kappa shape index (κ3) is 5.29. The highest BCUT2D eigenvalue weighted by Gasteiger charge is 2.36. The van der Waals surface area contributed by atoms with Gasteiger partial charge in [-0.1, -0.05) is 26.7 Å². The lowest BCUT2D eigenvalue weighted by Gasteiger charge is -2.28. The quantitative estimate of drug-likeness (QED) is 0.553. The Balaban J connectivity index is 1.50. The molecule has 4 rings (SSSR count). The number of anilines is 1. The molecule has 0 aliphatic heterocycles. The molecule has 3 N–H and O–H groups in total. The van der Waals surface area contributed by atoms with E-state index >= 15 is 0 Å². The van der Waals surface area contributed by atoms with Gasteiger partial charge in [-0.05, 0) is 67.3 Å². The van der Waals surface area contributed by atoms with Crippen molar-refractivity contribution in [2.24, 2.45) is 11.3 Å². The molecule has 1 fully saturated rings. The summed E-state index contributed by atoms with van der Waals surface area (Å²) in [4.78, 5) is 42.2. The maximum absolute atomic E-state index is 13.2. The first-order valence-electron chi connectivity index (χ1n) is 11.7. The Bertz CT molecular complexity index is 1060. The number of aromatic nitrogens is 1.